The number of amides is 1. The maximum atomic E-state index is 13.9. The normalized spacial score (nSPS) is 25.7. The summed E-state index contributed by atoms with van der Waals surface area (Å²) in [6.07, 6.45) is -1.61. The Morgan fingerprint density at radius 3 is 2.07 bits per heavy atom. The van der Waals surface area contributed by atoms with E-state index in [-0.39, 0.29) is 11.3 Å². The quantitative estimate of drug-likeness (QED) is 0.314. The molecule has 1 aliphatic heterocycles. The molecular formula is C34H33NO7. The first-order chi connectivity index (χ1) is 20.3. The number of ether oxygens (including phenoxy) is 3. The number of hydrogen-bond donors (Lipinski definition) is 2. The fraction of sp³-hybridized carbons (Fsp3) is 0.265. The SMILES string of the molecule is COc1cc(OC)c2c(c1)O[C@@]1(c3ccc(-c4ccccc4)cc3)[C@H](c3ccccc3)[C@@H](C(=O)N(C)OC)[C@@H](O)[C@@]21O. The van der Waals surface area contributed by atoms with E-state index in [4.69, 9.17) is 19.0 Å². The molecule has 0 unspecified atom stereocenters. The molecule has 216 valence electrons. The minimum Gasteiger partial charge on any atom is -0.496 e. The standard InChI is InChI=1S/C34H33NO7/c1-35(41-4)32(37)28-29(23-13-9-6-10-14-23)34(24-17-15-22(16-18-24)21-11-7-5-8-12-21)33(38,31(28)36)30-26(40-3)19-25(39-2)20-27(30)42-34/h5-20,28-29,31,36,38H,1-4H3/t28-,29-,31-,33+,34+/m1/s1. The van der Waals surface area contributed by atoms with Crippen LogP contribution in [-0.4, -0.2) is 55.7 Å². The molecule has 0 radical (unpaired) electrons. The van der Waals surface area contributed by atoms with Gasteiger partial charge in [-0.05, 0) is 22.3 Å². The summed E-state index contributed by atoms with van der Waals surface area (Å²) in [5.41, 5.74) is -0.202. The molecule has 4 aromatic rings. The zero-order valence-corrected chi connectivity index (χ0v) is 23.9. The van der Waals surface area contributed by atoms with Crippen molar-refractivity contribution in [3.05, 3.63) is 114 Å². The Morgan fingerprint density at radius 1 is 0.857 bits per heavy atom. The van der Waals surface area contributed by atoms with Gasteiger partial charge in [-0.3, -0.25) is 9.63 Å². The molecule has 1 heterocycles. The average Bonchev–Trinajstić information content (AvgIpc) is 3.42. The summed E-state index contributed by atoms with van der Waals surface area (Å²) in [6.45, 7) is 0. The molecular weight excluding hydrogens is 534 g/mol. The van der Waals surface area contributed by atoms with E-state index in [0.717, 1.165) is 16.2 Å². The second-order valence-corrected chi connectivity index (χ2v) is 10.6. The van der Waals surface area contributed by atoms with E-state index in [2.05, 4.69) is 0 Å². The first-order valence-electron chi connectivity index (χ1n) is 13.7. The summed E-state index contributed by atoms with van der Waals surface area (Å²) >= 11 is 0. The second kappa shape index (κ2) is 10.5. The lowest BCUT2D eigenvalue weighted by atomic mass is 9.70. The Kier molecular flexibility index (Phi) is 6.93. The van der Waals surface area contributed by atoms with Crippen LogP contribution in [0.5, 0.6) is 17.2 Å². The predicted octanol–water partition coefficient (Wildman–Crippen LogP) is 4.64. The van der Waals surface area contributed by atoms with Crippen molar-refractivity contribution in [2.75, 3.05) is 28.4 Å². The summed E-state index contributed by atoms with van der Waals surface area (Å²) in [5, 5.41) is 26.3. The number of hydroxylamine groups is 2. The molecule has 0 saturated heterocycles. The van der Waals surface area contributed by atoms with E-state index in [1.165, 1.54) is 28.4 Å². The van der Waals surface area contributed by atoms with Gasteiger partial charge in [0.15, 0.2) is 11.2 Å². The largest absolute Gasteiger partial charge is 0.496 e. The lowest BCUT2D eigenvalue weighted by Crippen LogP contribution is -2.52. The molecule has 1 aliphatic carbocycles. The first-order valence-corrected chi connectivity index (χ1v) is 13.7. The van der Waals surface area contributed by atoms with Crippen LogP contribution >= 0.6 is 0 Å². The third kappa shape index (κ3) is 3.83. The van der Waals surface area contributed by atoms with Gasteiger partial charge in [0.2, 0.25) is 0 Å². The molecule has 8 heteroatoms. The predicted molar refractivity (Wildman–Crippen MR) is 156 cm³/mol. The highest BCUT2D eigenvalue weighted by molar-refractivity contribution is 5.82. The summed E-state index contributed by atoms with van der Waals surface area (Å²) in [7, 11) is 5.87. The van der Waals surface area contributed by atoms with Gasteiger partial charge in [-0.25, -0.2) is 5.06 Å². The van der Waals surface area contributed by atoms with E-state index in [9.17, 15) is 15.0 Å². The van der Waals surface area contributed by atoms with Gasteiger partial charge in [0, 0.05) is 25.1 Å². The molecule has 0 spiro atoms. The number of methoxy groups -OCH3 is 2. The fourth-order valence-corrected chi connectivity index (χ4v) is 6.78. The van der Waals surface area contributed by atoms with Crippen molar-refractivity contribution >= 4 is 5.91 Å². The maximum absolute atomic E-state index is 13.9. The van der Waals surface area contributed by atoms with Crippen LogP contribution in [-0.2, 0) is 20.8 Å². The number of aliphatic hydroxyl groups is 2. The Balaban J connectivity index is 1.66. The van der Waals surface area contributed by atoms with Crippen LogP contribution < -0.4 is 14.2 Å². The van der Waals surface area contributed by atoms with E-state index in [0.29, 0.717) is 22.6 Å². The zero-order chi connectivity index (χ0) is 29.6. The molecule has 0 bridgehead atoms. The number of fused-ring (bicyclic) bond motifs is 3. The first kappa shape index (κ1) is 27.8. The second-order valence-electron chi connectivity index (χ2n) is 10.6. The zero-order valence-electron chi connectivity index (χ0n) is 23.9. The molecule has 1 fully saturated rings. The Morgan fingerprint density at radius 2 is 1.48 bits per heavy atom. The number of hydrogen-bond acceptors (Lipinski definition) is 7. The molecule has 0 aromatic heterocycles. The Labute approximate surface area is 244 Å². The van der Waals surface area contributed by atoms with Gasteiger partial charge in [-0.2, -0.15) is 0 Å². The smallest absolute Gasteiger partial charge is 0.252 e. The van der Waals surface area contributed by atoms with Gasteiger partial charge < -0.3 is 24.4 Å². The summed E-state index contributed by atoms with van der Waals surface area (Å²) < 4.78 is 18.1. The van der Waals surface area contributed by atoms with Crippen molar-refractivity contribution in [1.29, 1.82) is 0 Å². The van der Waals surface area contributed by atoms with Crippen LogP contribution in [0.1, 0.15) is 22.6 Å². The number of aliphatic hydroxyl groups excluding tert-OH is 1. The average molecular weight is 568 g/mol. The van der Waals surface area contributed by atoms with E-state index in [1.807, 2.05) is 84.9 Å². The Bertz CT molecular complexity index is 1590. The minimum absolute atomic E-state index is 0.252. The highest BCUT2D eigenvalue weighted by Crippen LogP contribution is 2.70. The third-order valence-corrected chi connectivity index (χ3v) is 8.73. The van der Waals surface area contributed by atoms with Crippen LogP contribution in [0.25, 0.3) is 11.1 Å². The molecule has 4 aromatic carbocycles. The lowest BCUT2D eigenvalue weighted by molar-refractivity contribution is -0.181. The maximum Gasteiger partial charge on any atom is 0.252 e. The van der Waals surface area contributed by atoms with Crippen LogP contribution in [0, 0.1) is 5.92 Å². The molecule has 1 saturated carbocycles. The molecule has 8 nitrogen and oxygen atoms in total. The van der Waals surface area contributed by atoms with E-state index < -0.39 is 35.0 Å². The highest BCUT2D eigenvalue weighted by Gasteiger charge is 2.78. The number of carbonyl (C=O) groups excluding carboxylic acids is 1. The summed E-state index contributed by atoms with van der Waals surface area (Å²) in [6, 6.07) is 30.3. The van der Waals surface area contributed by atoms with Crippen molar-refractivity contribution in [3.8, 4) is 28.4 Å². The van der Waals surface area contributed by atoms with Crippen LogP contribution in [0.15, 0.2) is 97.1 Å². The number of benzene rings is 4. The van der Waals surface area contributed by atoms with E-state index in [1.54, 1.807) is 12.1 Å². The van der Waals surface area contributed by atoms with Gasteiger partial charge in [-0.15, -0.1) is 0 Å². The van der Waals surface area contributed by atoms with E-state index >= 15 is 0 Å². The highest BCUT2D eigenvalue weighted by atomic mass is 16.7. The van der Waals surface area contributed by atoms with Crippen molar-refractivity contribution in [3.63, 3.8) is 0 Å². The number of nitrogens with zero attached hydrogens (tertiary/aromatic N) is 1. The van der Waals surface area contributed by atoms with Gasteiger partial charge in [-0.1, -0.05) is 84.9 Å². The van der Waals surface area contributed by atoms with Gasteiger partial charge in [0.1, 0.15) is 23.4 Å². The van der Waals surface area contributed by atoms with Crippen LogP contribution in [0.4, 0.5) is 0 Å². The van der Waals surface area contributed by atoms with Crippen LogP contribution in [0.2, 0.25) is 0 Å². The monoisotopic (exact) mass is 567 g/mol. The minimum atomic E-state index is -2.11. The summed E-state index contributed by atoms with van der Waals surface area (Å²) in [5.74, 6) is -1.45. The van der Waals surface area contributed by atoms with Gasteiger partial charge in [0.05, 0.1) is 32.8 Å². The molecule has 42 heavy (non-hydrogen) atoms. The third-order valence-electron chi connectivity index (χ3n) is 8.73. The summed E-state index contributed by atoms with van der Waals surface area (Å²) in [4.78, 5) is 19.2. The topological polar surface area (TPSA) is 97.7 Å². The molecule has 2 aliphatic rings. The van der Waals surface area contributed by atoms with Crippen molar-refractivity contribution < 1.29 is 34.1 Å². The number of rotatable bonds is 7. The molecule has 2 N–H and O–H groups in total. The van der Waals surface area contributed by atoms with Crippen molar-refractivity contribution in [1.82, 2.24) is 5.06 Å². The van der Waals surface area contributed by atoms with Gasteiger partial charge >= 0.3 is 0 Å². The van der Waals surface area contributed by atoms with Gasteiger partial charge in [0.25, 0.3) is 5.91 Å². The van der Waals surface area contributed by atoms with Crippen molar-refractivity contribution in [2.24, 2.45) is 5.92 Å². The van der Waals surface area contributed by atoms with Crippen LogP contribution in [0.3, 0.4) is 0 Å². The Hall–Kier alpha value is -4.37. The number of carbonyl (C=O) groups is 1. The lowest BCUT2D eigenvalue weighted by Gasteiger charge is -2.41. The fourth-order valence-electron chi connectivity index (χ4n) is 6.78. The molecule has 5 atom stereocenters. The molecule has 6 rings (SSSR count). The molecule has 1 amide bonds. The van der Waals surface area contributed by atoms with Crippen molar-refractivity contribution in [2.45, 2.75) is 23.2 Å².